The second-order valence-electron chi connectivity index (χ2n) is 7.28. The summed E-state index contributed by atoms with van der Waals surface area (Å²) in [5.74, 6) is 0.692. The van der Waals surface area contributed by atoms with Gasteiger partial charge in [0.2, 0.25) is 0 Å². The van der Waals surface area contributed by atoms with Gasteiger partial charge in [-0.1, -0.05) is 65.7 Å². The predicted octanol–water partition coefficient (Wildman–Crippen LogP) is 6.30. The molecule has 0 aromatic carbocycles. The highest BCUT2D eigenvalue weighted by Gasteiger charge is 2.27. The van der Waals surface area contributed by atoms with Crippen LogP contribution in [-0.2, 0) is 8.85 Å². The van der Waals surface area contributed by atoms with E-state index in [1.807, 2.05) is 0 Å². The van der Waals surface area contributed by atoms with Crippen LogP contribution in [0.4, 0.5) is 0 Å². The normalized spacial score (nSPS) is 13.9. The minimum Gasteiger partial charge on any atom is -0.395 e. The summed E-state index contributed by atoms with van der Waals surface area (Å²) < 4.78 is 12.2. The molecule has 1 unspecified atom stereocenters. The molecule has 0 rings (SSSR count). The third-order valence-electron chi connectivity index (χ3n) is 3.74. The second-order valence-corrected chi connectivity index (χ2v) is 10.6. The van der Waals surface area contributed by atoms with Crippen molar-refractivity contribution in [2.24, 2.45) is 5.92 Å². The van der Waals surface area contributed by atoms with Gasteiger partial charge in [-0.05, 0) is 38.8 Å². The van der Waals surface area contributed by atoms with E-state index in [1.54, 1.807) is 0 Å². The van der Waals surface area contributed by atoms with Crippen LogP contribution in [-0.4, -0.2) is 21.3 Å². The van der Waals surface area contributed by atoms with Crippen molar-refractivity contribution in [3.8, 4) is 0 Å². The molecule has 0 radical (unpaired) electrons. The van der Waals surface area contributed by atoms with Crippen LogP contribution in [0.1, 0.15) is 85.5 Å². The van der Waals surface area contributed by atoms with E-state index >= 15 is 0 Å². The first-order valence-corrected chi connectivity index (χ1v) is 12.0. The molecule has 0 aliphatic rings. The maximum Gasteiger partial charge on any atom is 0.331 e. The zero-order valence-corrected chi connectivity index (χ0v) is 16.5. The molecule has 0 aromatic heterocycles. The highest BCUT2D eigenvalue weighted by molar-refractivity contribution is 6.64. The van der Waals surface area contributed by atoms with E-state index in [2.05, 4.69) is 40.8 Å². The van der Waals surface area contributed by atoms with E-state index < -0.39 is 8.56 Å². The fourth-order valence-electron chi connectivity index (χ4n) is 2.78. The molecule has 0 saturated heterocycles. The molecule has 0 spiro atoms. The lowest BCUT2D eigenvalue weighted by Crippen LogP contribution is -2.38. The van der Waals surface area contributed by atoms with Crippen LogP contribution >= 0.6 is 0 Å². The van der Waals surface area contributed by atoms with Crippen molar-refractivity contribution in [1.82, 2.24) is 0 Å². The van der Waals surface area contributed by atoms with Crippen molar-refractivity contribution in [2.45, 2.75) is 105 Å². The van der Waals surface area contributed by atoms with E-state index in [0.717, 1.165) is 13.0 Å². The SMILES string of the molecule is CCCCCCCCCCO[Si](C)(C)OC(C)CC(C)C. The van der Waals surface area contributed by atoms with E-state index in [1.165, 1.54) is 51.4 Å². The quantitative estimate of drug-likeness (QED) is 0.277. The summed E-state index contributed by atoms with van der Waals surface area (Å²) >= 11 is 0. The molecular formula is C18H40O2Si. The van der Waals surface area contributed by atoms with Crippen LogP contribution in [0, 0.1) is 5.92 Å². The first kappa shape index (κ1) is 21.1. The van der Waals surface area contributed by atoms with Gasteiger partial charge in [0.25, 0.3) is 0 Å². The molecule has 0 heterocycles. The predicted molar refractivity (Wildman–Crippen MR) is 96.0 cm³/mol. The summed E-state index contributed by atoms with van der Waals surface area (Å²) in [5, 5.41) is 0. The van der Waals surface area contributed by atoms with E-state index in [4.69, 9.17) is 8.85 Å². The van der Waals surface area contributed by atoms with Crippen LogP contribution in [0.2, 0.25) is 13.1 Å². The van der Waals surface area contributed by atoms with Crippen molar-refractivity contribution in [3.05, 3.63) is 0 Å². The topological polar surface area (TPSA) is 18.5 Å². The lowest BCUT2D eigenvalue weighted by Gasteiger charge is -2.27. The first-order valence-electron chi connectivity index (χ1n) is 9.19. The lowest BCUT2D eigenvalue weighted by atomic mass is 10.1. The van der Waals surface area contributed by atoms with Gasteiger partial charge in [0.1, 0.15) is 0 Å². The molecule has 0 aliphatic heterocycles. The van der Waals surface area contributed by atoms with Crippen molar-refractivity contribution in [1.29, 1.82) is 0 Å². The van der Waals surface area contributed by atoms with Crippen LogP contribution in [0.25, 0.3) is 0 Å². The van der Waals surface area contributed by atoms with Crippen LogP contribution in [0.15, 0.2) is 0 Å². The average molecular weight is 317 g/mol. The van der Waals surface area contributed by atoms with Crippen LogP contribution in [0.3, 0.4) is 0 Å². The molecule has 0 amide bonds. The first-order chi connectivity index (χ1) is 9.87. The zero-order valence-electron chi connectivity index (χ0n) is 15.5. The Morgan fingerprint density at radius 3 is 1.86 bits per heavy atom. The second kappa shape index (κ2) is 12.7. The Morgan fingerprint density at radius 2 is 1.33 bits per heavy atom. The minimum absolute atomic E-state index is 0.324. The zero-order chi connectivity index (χ0) is 16.1. The van der Waals surface area contributed by atoms with Gasteiger partial charge in [0, 0.05) is 12.7 Å². The van der Waals surface area contributed by atoms with Gasteiger partial charge >= 0.3 is 8.56 Å². The monoisotopic (exact) mass is 316 g/mol. The van der Waals surface area contributed by atoms with E-state index in [0.29, 0.717) is 12.0 Å². The molecule has 128 valence electrons. The summed E-state index contributed by atoms with van der Waals surface area (Å²) in [5.41, 5.74) is 0. The molecule has 0 aromatic rings. The molecule has 0 N–H and O–H groups in total. The maximum atomic E-state index is 6.14. The van der Waals surface area contributed by atoms with Crippen molar-refractivity contribution < 1.29 is 8.85 Å². The molecule has 1 atom stereocenters. The number of rotatable bonds is 14. The summed E-state index contributed by atoms with van der Waals surface area (Å²) in [6, 6.07) is 0. The lowest BCUT2D eigenvalue weighted by molar-refractivity contribution is 0.115. The fraction of sp³-hybridized carbons (Fsp3) is 1.00. The summed E-state index contributed by atoms with van der Waals surface area (Å²) in [7, 11) is -1.92. The Balaban J connectivity index is 3.52. The minimum atomic E-state index is -1.92. The molecule has 21 heavy (non-hydrogen) atoms. The Morgan fingerprint density at radius 1 is 0.810 bits per heavy atom. The standard InChI is InChI=1S/C18H40O2Si/c1-7-8-9-10-11-12-13-14-15-19-21(5,6)20-18(4)16-17(2)3/h17-18H,7-16H2,1-6H3. The Hall–Kier alpha value is 0.137. The molecule has 0 bridgehead atoms. The smallest absolute Gasteiger partial charge is 0.331 e. The van der Waals surface area contributed by atoms with Gasteiger partial charge in [-0.3, -0.25) is 0 Å². The largest absolute Gasteiger partial charge is 0.395 e. The van der Waals surface area contributed by atoms with Gasteiger partial charge in [0.15, 0.2) is 0 Å². The van der Waals surface area contributed by atoms with E-state index in [9.17, 15) is 0 Å². The van der Waals surface area contributed by atoms with Crippen molar-refractivity contribution in [2.75, 3.05) is 6.61 Å². The molecule has 0 aliphatic carbocycles. The number of hydrogen-bond acceptors (Lipinski definition) is 2. The summed E-state index contributed by atoms with van der Waals surface area (Å²) in [4.78, 5) is 0. The Kier molecular flexibility index (Phi) is 12.7. The van der Waals surface area contributed by atoms with Gasteiger partial charge in [0.05, 0.1) is 0 Å². The van der Waals surface area contributed by atoms with Crippen LogP contribution in [0.5, 0.6) is 0 Å². The van der Waals surface area contributed by atoms with Gasteiger partial charge in [-0.25, -0.2) is 0 Å². The highest BCUT2D eigenvalue weighted by atomic mass is 28.4. The molecular weight excluding hydrogens is 276 g/mol. The average Bonchev–Trinajstić information content (AvgIpc) is 2.35. The third kappa shape index (κ3) is 14.8. The summed E-state index contributed by atoms with van der Waals surface area (Å²) in [6.07, 6.45) is 12.2. The Labute approximate surface area is 135 Å². The maximum absolute atomic E-state index is 6.14. The van der Waals surface area contributed by atoms with E-state index in [-0.39, 0.29) is 0 Å². The van der Waals surface area contributed by atoms with Crippen molar-refractivity contribution in [3.63, 3.8) is 0 Å². The van der Waals surface area contributed by atoms with Gasteiger partial charge in [-0.15, -0.1) is 0 Å². The van der Waals surface area contributed by atoms with Crippen LogP contribution < -0.4 is 0 Å². The molecule has 2 nitrogen and oxygen atoms in total. The van der Waals surface area contributed by atoms with Crippen molar-refractivity contribution >= 4 is 8.56 Å². The number of hydrogen-bond donors (Lipinski definition) is 0. The van der Waals surface area contributed by atoms with Gasteiger partial charge in [-0.2, -0.15) is 0 Å². The highest BCUT2D eigenvalue weighted by Crippen LogP contribution is 2.16. The number of unbranched alkanes of at least 4 members (excludes halogenated alkanes) is 7. The Bertz CT molecular complexity index is 229. The molecule has 0 fully saturated rings. The molecule has 3 heteroatoms. The third-order valence-corrected chi connectivity index (χ3v) is 5.61. The summed E-state index contributed by atoms with van der Waals surface area (Å²) in [6.45, 7) is 14.2. The molecule has 0 saturated carbocycles. The van der Waals surface area contributed by atoms with Gasteiger partial charge < -0.3 is 8.85 Å². The fourth-order valence-corrected chi connectivity index (χ4v) is 4.55.